The number of nitrogens with zero attached hydrogens (tertiary/aromatic N) is 2. The summed E-state index contributed by atoms with van der Waals surface area (Å²) >= 11 is 0. The highest BCUT2D eigenvalue weighted by molar-refractivity contribution is 6.25. The summed E-state index contributed by atoms with van der Waals surface area (Å²) < 4.78 is 6.85. The molecule has 0 aliphatic heterocycles. The predicted molar refractivity (Wildman–Crippen MR) is 225 cm³/mol. The smallest absolute Gasteiger partial charge is 0.143 e. The van der Waals surface area contributed by atoms with Crippen LogP contribution in [0.15, 0.2) is 211 Å². The SMILES string of the molecule is c1ccc(-c2ccc(N(c3ccccc3)c3ccc(-c4cc5ccccc5c5c4oc4cccc(-c6cccc(-c7ccccc7)n6)c45)cc3)cc2)cc1. The molecule has 3 heteroatoms. The Morgan fingerprint density at radius 3 is 1.65 bits per heavy atom. The van der Waals surface area contributed by atoms with Crippen LogP contribution in [0.3, 0.4) is 0 Å². The van der Waals surface area contributed by atoms with Crippen LogP contribution in [0.5, 0.6) is 0 Å². The normalized spacial score (nSPS) is 11.3. The lowest BCUT2D eigenvalue weighted by Crippen LogP contribution is -2.09. The third-order valence-electron chi connectivity index (χ3n) is 10.3. The van der Waals surface area contributed by atoms with Crippen molar-refractivity contribution in [3.63, 3.8) is 0 Å². The van der Waals surface area contributed by atoms with Gasteiger partial charge in [-0.25, -0.2) is 4.98 Å². The quantitative estimate of drug-likeness (QED) is 0.167. The summed E-state index contributed by atoms with van der Waals surface area (Å²) in [6.45, 7) is 0. The maximum Gasteiger partial charge on any atom is 0.143 e. The van der Waals surface area contributed by atoms with Gasteiger partial charge in [0.05, 0.1) is 11.4 Å². The maximum absolute atomic E-state index is 6.85. The molecule has 10 aromatic rings. The first kappa shape index (κ1) is 31.5. The molecule has 254 valence electrons. The van der Waals surface area contributed by atoms with Gasteiger partial charge in [-0.05, 0) is 88.1 Å². The molecular formula is C51H34N2O. The minimum atomic E-state index is 0.845. The standard InChI is InChI=1S/C51H34N2O/c1-4-14-35(15-5-1)36-26-30-41(31-27-36)53(40-19-8-3-9-20-40)42-32-28-37(29-33-42)45-34-39-18-10-11-21-43(39)50-49-44(22-12-25-48(49)54-51(45)50)47-24-13-23-46(52-47)38-16-6-2-7-17-38/h1-34H. The molecule has 0 amide bonds. The molecule has 0 N–H and O–H groups in total. The summed E-state index contributed by atoms with van der Waals surface area (Å²) in [5.41, 5.74) is 13.5. The Hall–Kier alpha value is -7.23. The number of furan rings is 1. The van der Waals surface area contributed by atoms with Crippen LogP contribution in [0.2, 0.25) is 0 Å². The van der Waals surface area contributed by atoms with Gasteiger partial charge in [-0.1, -0.05) is 146 Å². The van der Waals surface area contributed by atoms with Gasteiger partial charge in [-0.15, -0.1) is 0 Å². The number of para-hydroxylation sites is 1. The van der Waals surface area contributed by atoms with E-state index in [1.54, 1.807) is 0 Å². The number of hydrogen-bond donors (Lipinski definition) is 0. The number of pyridine rings is 1. The van der Waals surface area contributed by atoms with Crippen LogP contribution in [0.4, 0.5) is 17.1 Å². The number of aromatic nitrogens is 1. The zero-order valence-corrected chi connectivity index (χ0v) is 29.4. The Balaban J connectivity index is 1.10. The minimum absolute atomic E-state index is 0.845. The topological polar surface area (TPSA) is 29.3 Å². The van der Waals surface area contributed by atoms with Crippen molar-refractivity contribution in [2.75, 3.05) is 4.90 Å². The van der Waals surface area contributed by atoms with Crippen LogP contribution in [0.25, 0.3) is 77.5 Å². The van der Waals surface area contributed by atoms with Crippen molar-refractivity contribution in [2.45, 2.75) is 0 Å². The van der Waals surface area contributed by atoms with Gasteiger partial charge < -0.3 is 9.32 Å². The van der Waals surface area contributed by atoms with Crippen LogP contribution < -0.4 is 4.90 Å². The van der Waals surface area contributed by atoms with E-state index in [2.05, 4.69) is 205 Å². The first-order valence-corrected chi connectivity index (χ1v) is 18.3. The van der Waals surface area contributed by atoms with E-state index in [-0.39, 0.29) is 0 Å². The third kappa shape index (κ3) is 5.60. The van der Waals surface area contributed by atoms with Gasteiger partial charge in [0.2, 0.25) is 0 Å². The molecule has 0 bridgehead atoms. The van der Waals surface area contributed by atoms with E-state index in [1.807, 2.05) is 6.07 Å². The van der Waals surface area contributed by atoms with Crippen LogP contribution in [-0.2, 0) is 0 Å². The van der Waals surface area contributed by atoms with Crippen molar-refractivity contribution in [1.82, 2.24) is 4.98 Å². The first-order chi connectivity index (χ1) is 26.8. The Morgan fingerprint density at radius 1 is 0.370 bits per heavy atom. The highest BCUT2D eigenvalue weighted by Gasteiger charge is 2.20. The molecule has 0 spiro atoms. The molecule has 0 aliphatic rings. The van der Waals surface area contributed by atoms with Crippen LogP contribution >= 0.6 is 0 Å². The summed E-state index contributed by atoms with van der Waals surface area (Å²) in [5, 5.41) is 4.51. The van der Waals surface area contributed by atoms with Gasteiger partial charge in [0, 0.05) is 44.5 Å². The van der Waals surface area contributed by atoms with Gasteiger partial charge in [-0.2, -0.15) is 0 Å². The second kappa shape index (κ2) is 13.4. The molecule has 0 unspecified atom stereocenters. The monoisotopic (exact) mass is 690 g/mol. The Bertz CT molecular complexity index is 2900. The summed E-state index contributed by atoms with van der Waals surface area (Å²) in [4.78, 5) is 7.46. The van der Waals surface area contributed by atoms with Gasteiger partial charge >= 0.3 is 0 Å². The maximum atomic E-state index is 6.85. The lowest BCUT2D eigenvalue weighted by atomic mass is 9.94. The summed E-state index contributed by atoms with van der Waals surface area (Å²) in [5.74, 6) is 0. The van der Waals surface area contributed by atoms with Crippen molar-refractivity contribution in [3.05, 3.63) is 206 Å². The summed E-state index contributed by atoms with van der Waals surface area (Å²) in [6.07, 6.45) is 0. The lowest BCUT2D eigenvalue weighted by Gasteiger charge is -2.26. The van der Waals surface area contributed by atoms with Crippen molar-refractivity contribution in [1.29, 1.82) is 0 Å². The first-order valence-electron chi connectivity index (χ1n) is 18.3. The van der Waals surface area contributed by atoms with E-state index in [9.17, 15) is 0 Å². The van der Waals surface area contributed by atoms with E-state index in [0.29, 0.717) is 0 Å². The summed E-state index contributed by atoms with van der Waals surface area (Å²) in [6, 6.07) is 72.5. The molecule has 3 nitrogen and oxygen atoms in total. The molecule has 2 aromatic heterocycles. The number of benzene rings is 8. The Kier molecular flexibility index (Phi) is 7.81. The summed E-state index contributed by atoms with van der Waals surface area (Å²) in [7, 11) is 0. The molecule has 8 aromatic carbocycles. The molecular weight excluding hydrogens is 657 g/mol. The zero-order valence-electron chi connectivity index (χ0n) is 29.4. The fourth-order valence-electron chi connectivity index (χ4n) is 7.70. The molecule has 10 rings (SSSR count). The molecule has 0 saturated carbocycles. The molecule has 0 aliphatic carbocycles. The van der Waals surface area contributed by atoms with E-state index in [4.69, 9.17) is 9.40 Å². The Morgan fingerprint density at radius 2 is 0.926 bits per heavy atom. The predicted octanol–water partition coefficient (Wildman–Crippen LogP) is 14.3. The molecule has 0 saturated heterocycles. The van der Waals surface area contributed by atoms with E-state index >= 15 is 0 Å². The van der Waals surface area contributed by atoms with Gasteiger partial charge in [-0.3, -0.25) is 0 Å². The van der Waals surface area contributed by atoms with E-state index in [1.165, 1.54) is 11.1 Å². The molecule has 0 radical (unpaired) electrons. The van der Waals surface area contributed by atoms with Crippen LogP contribution in [0, 0.1) is 0 Å². The fourth-order valence-corrected chi connectivity index (χ4v) is 7.70. The van der Waals surface area contributed by atoms with Crippen molar-refractivity contribution in [3.8, 4) is 44.8 Å². The number of hydrogen-bond acceptors (Lipinski definition) is 3. The number of fused-ring (bicyclic) bond motifs is 5. The highest BCUT2D eigenvalue weighted by Crippen LogP contribution is 2.45. The van der Waals surface area contributed by atoms with Gasteiger partial charge in [0.25, 0.3) is 0 Å². The largest absolute Gasteiger partial charge is 0.455 e. The van der Waals surface area contributed by atoms with Gasteiger partial charge in [0.1, 0.15) is 11.2 Å². The second-order valence-corrected chi connectivity index (χ2v) is 13.5. The van der Waals surface area contributed by atoms with Crippen LogP contribution in [0.1, 0.15) is 0 Å². The lowest BCUT2D eigenvalue weighted by molar-refractivity contribution is 0.670. The molecule has 0 fully saturated rings. The zero-order chi connectivity index (χ0) is 35.8. The average Bonchev–Trinajstić information content (AvgIpc) is 3.66. The van der Waals surface area contributed by atoms with Gasteiger partial charge in [0.15, 0.2) is 0 Å². The molecule has 54 heavy (non-hydrogen) atoms. The van der Waals surface area contributed by atoms with Crippen molar-refractivity contribution >= 4 is 49.8 Å². The third-order valence-corrected chi connectivity index (χ3v) is 10.3. The fraction of sp³-hybridized carbons (Fsp3) is 0. The van der Waals surface area contributed by atoms with E-state index in [0.717, 1.165) is 83.4 Å². The molecule has 2 heterocycles. The highest BCUT2D eigenvalue weighted by atomic mass is 16.3. The van der Waals surface area contributed by atoms with E-state index < -0.39 is 0 Å². The van der Waals surface area contributed by atoms with Crippen LogP contribution in [-0.4, -0.2) is 4.98 Å². The number of anilines is 3. The number of rotatable bonds is 7. The minimum Gasteiger partial charge on any atom is -0.455 e. The second-order valence-electron chi connectivity index (χ2n) is 13.5. The Labute approximate surface area is 314 Å². The van der Waals surface area contributed by atoms with Crippen molar-refractivity contribution < 1.29 is 4.42 Å². The molecule has 0 atom stereocenters. The average molecular weight is 691 g/mol. The van der Waals surface area contributed by atoms with Crippen molar-refractivity contribution in [2.24, 2.45) is 0 Å².